The van der Waals surface area contributed by atoms with Crippen molar-refractivity contribution in [3.05, 3.63) is 0 Å². The molecule has 0 saturated carbocycles. The Morgan fingerprint density at radius 2 is 2.13 bits per heavy atom. The molecule has 0 aromatic heterocycles. The van der Waals surface area contributed by atoms with Crippen molar-refractivity contribution in [3.63, 3.8) is 0 Å². The molecule has 0 fully saturated rings. The van der Waals surface area contributed by atoms with Gasteiger partial charge in [0, 0.05) is 25.7 Å². The van der Waals surface area contributed by atoms with Crippen molar-refractivity contribution in [2.75, 3.05) is 44.9 Å². The van der Waals surface area contributed by atoms with Crippen molar-refractivity contribution < 1.29 is 4.74 Å². The fourth-order valence-electron chi connectivity index (χ4n) is 1.63. The standard InChI is InChI=1S/C11H26N2OS/c1-4-13(7-8-14-5-2)11(10-12)6-9-15-3/h11H,4-10,12H2,1-3H3. The van der Waals surface area contributed by atoms with Gasteiger partial charge in [0.25, 0.3) is 0 Å². The van der Waals surface area contributed by atoms with Gasteiger partial charge in [0.2, 0.25) is 0 Å². The molecule has 0 spiro atoms. The Morgan fingerprint density at radius 1 is 1.40 bits per heavy atom. The first-order valence-corrected chi connectivity index (χ1v) is 7.20. The second-order valence-electron chi connectivity index (χ2n) is 3.50. The molecule has 0 aliphatic carbocycles. The number of ether oxygens (including phenoxy) is 1. The number of rotatable bonds is 10. The Balaban J connectivity index is 3.85. The van der Waals surface area contributed by atoms with E-state index in [1.807, 2.05) is 18.7 Å². The summed E-state index contributed by atoms with van der Waals surface area (Å²) in [6, 6.07) is 0.517. The van der Waals surface area contributed by atoms with Gasteiger partial charge >= 0.3 is 0 Å². The van der Waals surface area contributed by atoms with Gasteiger partial charge in [-0.2, -0.15) is 11.8 Å². The Hall–Kier alpha value is 0.230. The van der Waals surface area contributed by atoms with Crippen molar-refractivity contribution >= 4 is 11.8 Å². The summed E-state index contributed by atoms with van der Waals surface area (Å²) >= 11 is 1.89. The van der Waals surface area contributed by atoms with Crippen LogP contribution < -0.4 is 5.73 Å². The quantitative estimate of drug-likeness (QED) is 0.580. The first kappa shape index (κ1) is 15.2. The third-order valence-electron chi connectivity index (χ3n) is 2.58. The van der Waals surface area contributed by atoms with Crippen LogP contribution in [0.4, 0.5) is 0 Å². The zero-order valence-electron chi connectivity index (χ0n) is 10.4. The van der Waals surface area contributed by atoms with Gasteiger partial charge in [-0.3, -0.25) is 4.90 Å². The Morgan fingerprint density at radius 3 is 2.60 bits per heavy atom. The molecule has 0 radical (unpaired) electrons. The lowest BCUT2D eigenvalue weighted by Crippen LogP contribution is -2.42. The summed E-state index contributed by atoms with van der Waals surface area (Å²) in [5, 5.41) is 0. The second kappa shape index (κ2) is 10.7. The van der Waals surface area contributed by atoms with E-state index in [-0.39, 0.29) is 0 Å². The molecule has 1 atom stereocenters. The monoisotopic (exact) mass is 234 g/mol. The molecule has 92 valence electrons. The first-order valence-electron chi connectivity index (χ1n) is 5.80. The highest BCUT2D eigenvalue weighted by molar-refractivity contribution is 7.98. The van der Waals surface area contributed by atoms with E-state index in [4.69, 9.17) is 10.5 Å². The fraction of sp³-hybridized carbons (Fsp3) is 1.00. The van der Waals surface area contributed by atoms with Crippen LogP contribution in [0.15, 0.2) is 0 Å². The van der Waals surface area contributed by atoms with Gasteiger partial charge < -0.3 is 10.5 Å². The molecular formula is C11H26N2OS. The van der Waals surface area contributed by atoms with Crippen molar-refractivity contribution in [1.82, 2.24) is 4.90 Å². The molecule has 0 amide bonds. The smallest absolute Gasteiger partial charge is 0.0593 e. The number of nitrogens with two attached hydrogens (primary N) is 1. The lowest BCUT2D eigenvalue weighted by molar-refractivity contribution is 0.0973. The summed E-state index contributed by atoms with van der Waals surface area (Å²) in [6.45, 7) is 8.65. The zero-order valence-corrected chi connectivity index (χ0v) is 11.2. The highest BCUT2D eigenvalue weighted by atomic mass is 32.2. The van der Waals surface area contributed by atoms with Gasteiger partial charge in [-0.05, 0) is 31.9 Å². The van der Waals surface area contributed by atoms with Gasteiger partial charge in [0.05, 0.1) is 6.61 Å². The van der Waals surface area contributed by atoms with E-state index in [1.165, 1.54) is 12.2 Å². The average molecular weight is 234 g/mol. The molecule has 0 saturated heterocycles. The molecule has 0 aliphatic heterocycles. The molecule has 0 rings (SSSR count). The maximum Gasteiger partial charge on any atom is 0.0593 e. The third kappa shape index (κ3) is 7.17. The van der Waals surface area contributed by atoms with E-state index in [0.717, 1.165) is 32.8 Å². The highest BCUT2D eigenvalue weighted by Crippen LogP contribution is 2.07. The molecule has 1 unspecified atom stereocenters. The number of thioether (sulfide) groups is 1. The van der Waals surface area contributed by atoms with E-state index in [2.05, 4.69) is 18.1 Å². The maximum absolute atomic E-state index is 5.80. The minimum atomic E-state index is 0.517. The molecule has 2 N–H and O–H groups in total. The largest absolute Gasteiger partial charge is 0.380 e. The topological polar surface area (TPSA) is 38.5 Å². The number of hydrogen-bond acceptors (Lipinski definition) is 4. The van der Waals surface area contributed by atoms with E-state index in [9.17, 15) is 0 Å². The fourth-order valence-corrected chi connectivity index (χ4v) is 2.14. The molecule has 0 aliphatic rings. The van der Waals surface area contributed by atoms with Gasteiger partial charge in [-0.1, -0.05) is 6.92 Å². The molecule has 0 bridgehead atoms. The van der Waals surface area contributed by atoms with Crippen LogP contribution >= 0.6 is 11.8 Å². The van der Waals surface area contributed by atoms with Gasteiger partial charge in [0.1, 0.15) is 0 Å². The van der Waals surface area contributed by atoms with Crippen molar-refractivity contribution in [2.24, 2.45) is 5.73 Å². The van der Waals surface area contributed by atoms with Crippen LogP contribution in [-0.4, -0.2) is 55.8 Å². The van der Waals surface area contributed by atoms with Crippen LogP contribution in [-0.2, 0) is 4.74 Å². The SMILES string of the molecule is CCOCCN(CC)C(CN)CCSC. The third-order valence-corrected chi connectivity index (χ3v) is 3.22. The van der Waals surface area contributed by atoms with Crippen LogP contribution in [0, 0.1) is 0 Å². The molecule has 0 heterocycles. The molecule has 0 aromatic rings. The van der Waals surface area contributed by atoms with Crippen molar-refractivity contribution in [2.45, 2.75) is 26.3 Å². The lowest BCUT2D eigenvalue weighted by Gasteiger charge is -2.29. The predicted molar refractivity (Wildman–Crippen MR) is 69.6 cm³/mol. The Kier molecular flexibility index (Phi) is 10.9. The zero-order chi connectivity index (χ0) is 11.5. The van der Waals surface area contributed by atoms with Crippen molar-refractivity contribution in [1.29, 1.82) is 0 Å². The average Bonchev–Trinajstić information content (AvgIpc) is 2.27. The van der Waals surface area contributed by atoms with Crippen LogP contribution in [0.1, 0.15) is 20.3 Å². The number of hydrogen-bond donors (Lipinski definition) is 1. The van der Waals surface area contributed by atoms with Crippen LogP contribution in [0.2, 0.25) is 0 Å². The molecule has 15 heavy (non-hydrogen) atoms. The van der Waals surface area contributed by atoms with Crippen LogP contribution in [0.3, 0.4) is 0 Å². The maximum atomic E-state index is 5.80. The Labute approximate surface area is 98.7 Å². The second-order valence-corrected chi connectivity index (χ2v) is 4.48. The molecule has 4 heteroatoms. The van der Waals surface area contributed by atoms with E-state index >= 15 is 0 Å². The first-order chi connectivity index (χ1) is 7.29. The van der Waals surface area contributed by atoms with E-state index < -0.39 is 0 Å². The number of likely N-dealkylation sites (N-methyl/N-ethyl adjacent to an activating group) is 1. The van der Waals surface area contributed by atoms with Crippen molar-refractivity contribution in [3.8, 4) is 0 Å². The van der Waals surface area contributed by atoms with Gasteiger partial charge in [0.15, 0.2) is 0 Å². The molecular weight excluding hydrogens is 208 g/mol. The number of nitrogens with zero attached hydrogens (tertiary/aromatic N) is 1. The predicted octanol–water partition coefficient (Wildman–Crippen LogP) is 1.43. The summed E-state index contributed by atoms with van der Waals surface area (Å²) in [7, 11) is 0. The summed E-state index contributed by atoms with van der Waals surface area (Å²) in [5.41, 5.74) is 5.80. The van der Waals surface area contributed by atoms with E-state index in [0.29, 0.717) is 6.04 Å². The van der Waals surface area contributed by atoms with Crippen LogP contribution in [0.25, 0.3) is 0 Å². The normalized spacial score (nSPS) is 13.4. The van der Waals surface area contributed by atoms with Crippen LogP contribution in [0.5, 0.6) is 0 Å². The minimum absolute atomic E-state index is 0.517. The summed E-state index contributed by atoms with van der Waals surface area (Å²) in [5.74, 6) is 1.19. The lowest BCUT2D eigenvalue weighted by atomic mass is 10.2. The summed E-state index contributed by atoms with van der Waals surface area (Å²) in [6.07, 6.45) is 3.32. The summed E-state index contributed by atoms with van der Waals surface area (Å²) < 4.78 is 5.38. The Bertz CT molecular complexity index is 136. The summed E-state index contributed by atoms with van der Waals surface area (Å²) in [4.78, 5) is 2.42. The minimum Gasteiger partial charge on any atom is -0.380 e. The van der Waals surface area contributed by atoms with Gasteiger partial charge in [-0.25, -0.2) is 0 Å². The van der Waals surface area contributed by atoms with E-state index in [1.54, 1.807) is 0 Å². The van der Waals surface area contributed by atoms with Gasteiger partial charge in [-0.15, -0.1) is 0 Å². The molecule has 0 aromatic carbocycles. The molecule has 3 nitrogen and oxygen atoms in total. The highest BCUT2D eigenvalue weighted by Gasteiger charge is 2.14.